The van der Waals surface area contributed by atoms with Crippen molar-refractivity contribution in [1.82, 2.24) is 0 Å². The maximum atomic E-state index is 12.4. The van der Waals surface area contributed by atoms with Crippen LogP contribution in [0.15, 0.2) is 12.1 Å². The van der Waals surface area contributed by atoms with Crippen molar-refractivity contribution < 1.29 is 24.9 Å². The highest BCUT2D eigenvalue weighted by atomic mass is 16.6. The maximum Gasteiger partial charge on any atom is 0.414 e. The Morgan fingerprint density at radius 3 is 2.64 bits per heavy atom. The molecule has 2 rings (SSSR count). The van der Waals surface area contributed by atoms with Crippen molar-refractivity contribution in [2.45, 2.75) is 45.1 Å². The summed E-state index contributed by atoms with van der Waals surface area (Å²) in [6, 6.07) is 2.70. The predicted molar refractivity (Wildman–Crippen MR) is 82.4 cm³/mol. The lowest BCUT2D eigenvalue weighted by molar-refractivity contribution is 0.0576. The molecular weight excluding hydrogens is 286 g/mol. The van der Waals surface area contributed by atoms with Crippen LogP contribution in [0.1, 0.15) is 45.1 Å². The van der Waals surface area contributed by atoms with Crippen LogP contribution in [0.3, 0.4) is 0 Å². The minimum absolute atomic E-state index is 0.00311. The van der Waals surface area contributed by atoms with Crippen molar-refractivity contribution in [2.24, 2.45) is 0 Å². The molecule has 1 aromatic rings. The number of ether oxygens (including phenoxy) is 1. The number of anilines is 1. The summed E-state index contributed by atoms with van der Waals surface area (Å²) in [5.41, 5.74) is 0.387. The van der Waals surface area contributed by atoms with E-state index >= 15 is 0 Å². The van der Waals surface area contributed by atoms with Crippen LogP contribution in [0, 0.1) is 0 Å². The number of nitrogens with zero attached hydrogens (tertiary/aromatic N) is 1. The first-order chi connectivity index (χ1) is 10.2. The molecule has 1 heterocycles. The fourth-order valence-corrected chi connectivity index (χ4v) is 2.75. The predicted octanol–water partition coefficient (Wildman–Crippen LogP) is 2.71. The van der Waals surface area contributed by atoms with E-state index in [0.29, 0.717) is 30.6 Å². The molecule has 0 aliphatic carbocycles. The number of carbonyl (C=O) groups excluding carboxylic acids is 1. The second-order valence-electron chi connectivity index (χ2n) is 6.53. The third-order valence-electron chi connectivity index (χ3n) is 3.61. The molecule has 1 atom stereocenters. The van der Waals surface area contributed by atoms with Gasteiger partial charge in [-0.3, -0.25) is 4.90 Å². The molecular formula is C16H23NO5. The molecule has 0 fully saturated rings. The molecule has 0 saturated carbocycles. The first-order valence-corrected chi connectivity index (χ1v) is 7.40. The Bertz CT molecular complexity index is 564. The van der Waals surface area contributed by atoms with Crippen molar-refractivity contribution in [1.29, 1.82) is 0 Å². The van der Waals surface area contributed by atoms with Crippen molar-refractivity contribution in [3.8, 4) is 11.5 Å². The lowest BCUT2D eigenvalue weighted by atomic mass is 9.87. The summed E-state index contributed by atoms with van der Waals surface area (Å²) in [5.74, 6) is -0.240. The Hall–Kier alpha value is -1.95. The zero-order valence-corrected chi connectivity index (χ0v) is 13.2. The lowest BCUT2D eigenvalue weighted by Crippen LogP contribution is -2.40. The van der Waals surface area contributed by atoms with Crippen LogP contribution in [0.5, 0.6) is 11.5 Å². The van der Waals surface area contributed by atoms with Crippen molar-refractivity contribution in [2.75, 3.05) is 18.1 Å². The van der Waals surface area contributed by atoms with Gasteiger partial charge in [0.2, 0.25) is 0 Å². The number of hydrogen-bond donors (Lipinski definition) is 3. The summed E-state index contributed by atoms with van der Waals surface area (Å²) in [6.07, 6.45) is 0.597. The number of benzene rings is 1. The average Bonchev–Trinajstić information content (AvgIpc) is 2.36. The topological polar surface area (TPSA) is 90.2 Å². The monoisotopic (exact) mass is 309 g/mol. The number of carbonyl (C=O) groups is 1. The van der Waals surface area contributed by atoms with Gasteiger partial charge in [0, 0.05) is 30.8 Å². The van der Waals surface area contributed by atoms with Crippen molar-refractivity contribution in [3.05, 3.63) is 17.7 Å². The Kier molecular flexibility index (Phi) is 4.51. The molecule has 0 aromatic heterocycles. The van der Waals surface area contributed by atoms with Gasteiger partial charge in [-0.05, 0) is 39.5 Å². The van der Waals surface area contributed by atoms with E-state index in [1.807, 2.05) is 0 Å². The van der Waals surface area contributed by atoms with Gasteiger partial charge in [0.05, 0.1) is 5.69 Å². The summed E-state index contributed by atoms with van der Waals surface area (Å²) in [5, 5.41) is 29.1. The average molecular weight is 309 g/mol. The van der Waals surface area contributed by atoms with Gasteiger partial charge < -0.3 is 20.1 Å². The van der Waals surface area contributed by atoms with Gasteiger partial charge in [-0.25, -0.2) is 4.79 Å². The molecule has 6 nitrogen and oxygen atoms in total. The largest absolute Gasteiger partial charge is 0.508 e. The third-order valence-corrected chi connectivity index (χ3v) is 3.61. The number of amides is 1. The van der Waals surface area contributed by atoms with E-state index in [9.17, 15) is 20.1 Å². The lowest BCUT2D eigenvalue weighted by Gasteiger charge is -2.35. The number of phenols is 2. The molecule has 1 aliphatic rings. The van der Waals surface area contributed by atoms with Gasteiger partial charge in [0.15, 0.2) is 0 Å². The first-order valence-electron chi connectivity index (χ1n) is 7.40. The molecule has 1 aliphatic heterocycles. The van der Waals surface area contributed by atoms with E-state index in [2.05, 4.69) is 0 Å². The smallest absolute Gasteiger partial charge is 0.414 e. The number of phenolic OH excluding ortho intramolecular Hbond substituents is 2. The summed E-state index contributed by atoms with van der Waals surface area (Å²) in [6.45, 7) is 5.76. The number of aromatic hydroxyl groups is 2. The number of aliphatic hydroxyl groups is 1. The zero-order valence-electron chi connectivity index (χ0n) is 13.2. The fourth-order valence-electron chi connectivity index (χ4n) is 2.75. The third kappa shape index (κ3) is 3.44. The van der Waals surface area contributed by atoms with E-state index in [1.54, 1.807) is 20.8 Å². The highest BCUT2D eigenvalue weighted by Gasteiger charge is 2.33. The minimum atomic E-state index is -0.627. The maximum absolute atomic E-state index is 12.4. The molecule has 0 bridgehead atoms. The summed E-state index contributed by atoms with van der Waals surface area (Å²) in [7, 11) is 0. The molecule has 0 spiro atoms. The van der Waals surface area contributed by atoms with E-state index in [-0.39, 0.29) is 24.0 Å². The fraction of sp³-hybridized carbons (Fsp3) is 0.562. The van der Waals surface area contributed by atoms with Gasteiger partial charge in [0.25, 0.3) is 0 Å². The number of hydrogen-bond acceptors (Lipinski definition) is 5. The molecule has 6 heteroatoms. The molecule has 0 unspecified atom stereocenters. The van der Waals surface area contributed by atoms with Crippen molar-refractivity contribution in [3.63, 3.8) is 0 Å². The highest BCUT2D eigenvalue weighted by molar-refractivity contribution is 5.90. The van der Waals surface area contributed by atoms with Gasteiger partial charge in [-0.15, -0.1) is 0 Å². The van der Waals surface area contributed by atoms with Gasteiger partial charge in [0.1, 0.15) is 17.1 Å². The van der Waals surface area contributed by atoms with Gasteiger partial charge in [-0.1, -0.05) is 0 Å². The molecule has 0 saturated heterocycles. The Labute approximate surface area is 129 Å². The standard InChI is InChI=1S/C16H23NO5/c1-16(2,3)22-15(21)17-6-4-10(5-7-18)14-12(17)8-11(19)9-13(14)20/h8-10,18-20H,4-7H2,1-3H3/t10-/m0/s1. The van der Waals surface area contributed by atoms with E-state index in [4.69, 9.17) is 4.74 Å². The second-order valence-corrected chi connectivity index (χ2v) is 6.53. The first kappa shape index (κ1) is 16.4. The zero-order chi connectivity index (χ0) is 16.5. The Morgan fingerprint density at radius 2 is 2.05 bits per heavy atom. The van der Waals surface area contributed by atoms with Crippen LogP contribution in [0.4, 0.5) is 10.5 Å². The number of fused-ring (bicyclic) bond motifs is 1. The van der Waals surface area contributed by atoms with E-state index in [0.717, 1.165) is 0 Å². The van der Waals surface area contributed by atoms with Gasteiger partial charge in [-0.2, -0.15) is 0 Å². The van der Waals surface area contributed by atoms with E-state index < -0.39 is 11.7 Å². The van der Waals surface area contributed by atoms with Crippen LogP contribution in [0.2, 0.25) is 0 Å². The van der Waals surface area contributed by atoms with Crippen LogP contribution in [-0.4, -0.2) is 40.2 Å². The van der Waals surface area contributed by atoms with Gasteiger partial charge >= 0.3 is 6.09 Å². The van der Waals surface area contributed by atoms with Crippen LogP contribution >= 0.6 is 0 Å². The Morgan fingerprint density at radius 1 is 1.36 bits per heavy atom. The van der Waals surface area contributed by atoms with Crippen LogP contribution in [0.25, 0.3) is 0 Å². The molecule has 3 N–H and O–H groups in total. The van der Waals surface area contributed by atoms with Crippen molar-refractivity contribution >= 4 is 11.8 Å². The summed E-state index contributed by atoms with van der Waals surface area (Å²) >= 11 is 0. The second kappa shape index (κ2) is 6.04. The van der Waals surface area contributed by atoms with Crippen LogP contribution < -0.4 is 4.90 Å². The summed E-state index contributed by atoms with van der Waals surface area (Å²) in [4.78, 5) is 13.8. The molecule has 122 valence electrons. The quantitative estimate of drug-likeness (QED) is 0.781. The SMILES string of the molecule is CC(C)(C)OC(=O)N1CC[C@@H](CCO)c2c(O)cc(O)cc21. The molecule has 1 aromatic carbocycles. The summed E-state index contributed by atoms with van der Waals surface area (Å²) < 4.78 is 5.38. The molecule has 1 amide bonds. The molecule has 0 radical (unpaired) electrons. The minimum Gasteiger partial charge on any atom is -0.508 e. The number of rotatable bonds is 2. The van der Waals surface area contributed by atoms with E-state index in [1.165, 1.54) is 17.0 Å². The van der Waals surface area contributed by atoms with Crippen LogP contribution in [-0.2, 0) is 4.74 Å². The highest BCUT2D eigenvalue weighted by Crippen LogP contribution is 2.44. The number of aliphatic hydroxyl groups excluding tert-OH is 1. The Balaban J connectivity index is 2.41. The molecule has 22 heavy (non-hydrogen) atoms. The normalized spacial score (nSPS) is 18.0.